The zero-order valence-electron chi connectivity index (χ0n) is 11.3. The molecule has 1 atom stereocenters. The van der Waals surface area contributed by atoms with Gasteiger partial charge < -0.3 is 5.32 Å². The third-order valence-corrected chi connectivity index (χ3v) is 4.57. The maximum atomic E-state index is 3.63. The molecule has 1 nitrogen and oxygen atoms in total. The first kappa shape index (κ1) is 13.3. The molecule has 0 amide bonds. The minimum Gasteiger partial charge on any atom is -0.309 e. The number of benzene rings is 1. The molecule has 0 aliphatic rings. The zero-order chi connectivity index (χ0) is 13.0. The third kappa shape index (κ3) is 3.21. The summed E-state index contributed by atoms with van der Waals surface area (Å²) in [7, 11) is 0. The molecule has 0 spiro atoms. The maximum absolute atomic E-state index is 3.63. The predicted molar refractivity (Wildman–Crippen MR) is 80.2 cm³/mol. The van der Waals surface area contributed by atoms with Crippen LogP contribution in [0.5, 0.6) is 0 Å². The van der Waals surface area contributed by atoms with E-state index in [0.29, 0.717) is 6.04 Å². The Bertz CT molecular complexity index is 459. The van der Waals surface area contributed by atoms with Crippen LogP contribution in [0.15, 0.2) is 47.8 Å². The summed E-state index contributed by atoms with van der Waals surface area (Å²) >= 11 is 1.84. The van der Waals surface area contributed by atoms with E-state index in [4.69, 9.17) is 0 Å². The molecular formula is C16H21NS. The van der Waals surface area contributed by atoms with E-state index in [1.54, 1.807) is 0 Å². The Hall–Kier alpha value is -1.12. The van der Waals surface area contributed by atoms with Gasteiger partial charge in [-0.1, -0.05) is 50.2 Å². The van der Waals surface area contributed by atoms with Gasteiger partial charge in [-0.05, 0) is 23.9 Å². The second-order valence-electron chi connectivity index (χ2n) is 5.37. The van der Waals surface area contributed by atoms with Crippen LogP contribution in [-0.2, 0) is 5.41 Å². The second kappa shape index (κ2) is 5.68. The standard InChI is InChI=1S/C16H21NS/c1-13(14-8-5-4-6-9-14)17-12-16(2,3)15-10-7-11-18-15/h4-11,13,17H,12H2,1-3H3. The van der Waals surface area contributed by atoms with Crippen molar-refractivity contribution in [2.45, 2.75) is 32.2 Å². The van der Waals surface area contributed by atoms with Crippen LogP contribution >= 0.6 is 11.3 Å². The first-order valence-corrected chi connectivity index (χ1v) is 7.30. The van der Waals surface area contributed by atoms with Crippen LogP contribution in [-0.4, -0.2) is 6.54 Å². The topological polar surface area (TPSA) is 12.0 Å². The fourth-order valence-corrected chi connectivity index (χ4v) is 2.87. The number of nitrogens with one attached hydrogen (secondary N) is 1. The summed E-state index contributed by atoms with van der Waals surface area (Å²) in [6.45, 7) is 7.80. The monoisotopic (exact) mass is 259 g/mol. The van der Waals surface area contributed by atoms with Gasteiger partial charge in [0.1, 0.15) is 0 Å². The Morgan fingerprint density at radius 3 is 2.44 bits per heavy atom. The molecule has 0 bridgehead atoms. The van der Waals surface area contributed by atoms with Crippen molar-refractivity contribution in [2.24, 2.45) is 0 Å². The molecule has 2 rings (SSSR count). The Morgan fingerprint density at radius 1 is 1.11 bits per heavy atom. The smallest absolute Gasteiger partial charge is 0.0292 e. The van der Waals surface area contributed by atoms with Gasteiger partial charge in [-0.25, -0.2) is 0 Å². The van der Waals surface area contributed by atoms with Crippen LogP contribution in [0, 0.1) is 0 Å². The van der Waals surface area contributed by atoms with Crippen molar-refractivity contribution in [2.75, 3.05) is 6.54 Å². The molecule has 0 saturated carbocycles. The molecule has 1 aromatic heterocycles. The summed E-state index contributed by atoms with van der Waals surface area (Å²) < 4.78 is 0. The highest BCUT2D eigenvalue weighted by molar-refractivity contribution is 7.10. The molecule has 0 aliphatic heterocycles. The van der Waals surface area contributed by atoms with Crippen LogP contribution in [0.25, 0.3) is 0 Å². The SMILES string of the molecule is CC(NCC(C)(C)c1cccs1)c1ccccc1. The van der Waals surface area contributed by atoms with Crippen molar-refractivity contribution >= 4 is 11.3 Å². The molecule has 1 N–H and O–H groups in total. The molecule has 0 aliphatic carbocycles. The van der Waals surface area contributed by atoms with E-state index in [0.717, 1.165) is 6.54 Å². The Morgan fingerprint density at radius 2 is 1.83 bits per heavy atom. The summed E-state index contributed by atoms with van der Waals surface area (Å²) in [5.74, 6) is 0. The molecule has 18 heavy (non-hydrogen) atoms. The van der Waals surface area contributed by atoms with Crippen LogP contribution in [0.1, 0.15) is 37.3 Å². The van der Waals surface area contributed by atoms with Crippen molar-refractivity contribution in [1.82, 2.24) is 5.32 Å². The van der Waals surface area contributed by atoms with Gasteiger partial charge in [-0.2, -0.15) is 0 Å². The van der Waals surface area contributed by atoms with E-state index in [-0.39, 0.29) is 5.41 Å². The first-order chi connectivity index (χ1) is 8.59. The lowest BCUT2D eigenvalue weighted by Crippen LogP contribution is -2.33. The van der Waals surface area contributed by atoms with Gasteiger partial charge in [0.25, 0.3) is 0 Å². The van der Waals surface area contributed by atoms with Crippen molar-refractivity contribution in [1.29, 1.82) is 0 Å². The normalized spacial score (nSPS) is 13.5. The molecule has 0 radical (unpaired) electrons. The van der Waals surface area contributed by atoms with Crippen molar-refractivity contribution in [3.05, 3.63) is 58.3 Å². The van der Waals surface area contributed by atoms with Crippen LogP contribution in [0.4, 0.5) is 0 Å². The minimum atomic E-state index is 0.192. The van der Waals surface area contributed by atoms with E-state index in [1.807, 2.05) is 11.3 Å². The highest BCUT2D eigenvalue weighted by Crippen LogP contribution is 2.27. The van der Waals surface area contributed by atoms with Gasteiger partial charge >= 0.3 is 0 Å². The van der Waals surface area contributed by atoms with Gasteiger partial charge in [0.05, 0.1) is 0 Å². The number of hydrogen-bond acceptors (Lipinski definition) is 2. The number of thiophene rings is 1. The van der Waals surface area contributed by atoms with Crippen LogP contribution < -0.4 is 5.32 Å². The van der Waals surface area contributed by atoms with Crippen LogP contribution in [0.3, 0.4) is 0 Å². The summed E-state index contributed by atoms with van der Waals surface area (Å²) in [6, 6.07) is 15.3. The van der Waals surface area contributed by atoms with Gasteiger partial charge in [0.2, 0.25) is 0 Å². The minimum absolute atomic E-state index is 0.192. The van der Waals surface area contributed by atoms with Gasteiger partial charge in [-0.3, -0.25) is 0 Å². The van der Waals surface area contributed by atoms with E-state index in [2.05, 4.69) is 73.9 Å². The van der Waals surface area contributed by atoms with Gasteiger partial charge in [-0.15, -0.1) is 11.3 Å². The van der Waals surface area contributed by atoms with Gasteiger partial charge in [0.15, 0.2) is 0 Å². The summed E-state index contributed by atoms with van der Waals surface area (Å²) in [4.78, 5) is 1.44. The lowest BCUT2D eigenvalue weighted by atomic mass is 9.91. The van der Waals surface area contributed by atoms with Crippen LogP contribution in [0.2, 0.25) is 0 Å². The number of hydrogen-bond donors (Lipinski definition) is 1. The molecule has 1 heterocycles. The summed E-state index contributed by atoms with van der Waals surface area (Å²) in [6.07, 6.45) is 0. The maximum Gasteiger partial charge on any atom is 0.0292 e. The van der Waals surface area contributed by atoms with E-state index in [1.165, 1.54) is 10.4 Å². The second-order valence-corrected chi connectivity index (χ2v) is 6.32. The average molecular weight is 259 g/mol. The fraction of sp³-hybridized carbons (Fsp3) is 0.375. The van der Waals surface area contributed by atoms with Crippen molar-refractivity contribution in [3.63, 3.8) is 0 Å². The summed E-state index contributed by atoms with van der Waals surface area (Å²) in [5.41, 5.74) is 1.54. The van der Waals surface area contributed by atoms with Gasteiger partial charge in [0, 0.05) is 22.9 Å². The van der Waals surface area contributed by atoms with E-state index >= 15 is 0 Å². The average Bonchev–Trinajstić information content (AvgIpc) is 2.92. The Kier molecular flexibility index (Phi) is 4.20. The molecular weight excluding hydrogens is 238 g/mol. The molecule has 2 heteroatoms. The highest BCUT2D eigenvalue weighted by atomic mass is 32.1. The molecule has 0 fully saturated rings. The molecule has 96 valence electrons. The highest BCUT2D eigenvalue weighted by Gasteiger charge is 2.22. The quantitative estimate of drug-likeness (QED) is 0.840. The third-order valence-electron chi connectivity index (χ3n) is 3.34. The van der Waals surface area contributed by atoms with Crippen molar-refractivity contribution < 1.29 is 0 Å². The Balaban J connectivity index is 1.96. The molecule has 1 unspecified atom stereocenters. The molecule has 2 aromatic rings. The first-order valence-electron chi connectivity index (χ1n) is 6.42. The fourth-order valence-electron chi connectivity index (χ4n) is 2.02. The Labute approximate surface area is 114 Å². The lowest BCUT2D eigenvalue weighted by molar-refractivity contribution is 0.441. The summed E-state index contributed by atoms with van der Waals surface area (Å²) in [5, 5.41) is 5.78. The lowest BCUT2D eigenvalue weighted by Gasteiger charge is -2.26. The number of rotatable bonds is 5. The predicted octanol–water partition coefficient (Wildman–Crippen LogP) is 4.38. The zero-order valence-corrected chi connectivity index (χ0v) is 12.1. The molecule has 0 saturated heterocycles. The van der Waals surface area contributed by atoms with E-state index in [9.17, 15) is 0 Å². The van der Waals surface area contributed by atoms with E-state index < -0.39 is 0 Å². The van der Waals surface area contributed by atoms with Crippen molar-refractivity contribution in [3.8, 4) is 0 Å². The largest absolute Gasteiger partial charge is 0.309 e. The molecule has 1 aromatic carbocycles.